The van der Waals surface area contributed by atoms with Gasteiger partial charge in [0.2, 0.25) is 0 Å². The fourth-order valence-electron chi connectivity index (χ4n) is 3.09. The second-order valence-electron chi connectivity index (χ2n) is 6.97. The highest BCUT2D eigenvalue weighted by molar-refractivity contribution is 6.12. The normalized spacial score (nSPS) is 10.2. The Labute approximate surface area is 185 Å². The Kier molecular flexibility index (Phi) is 7.13. The van der Waals surface area contributed by atoms with Crippen molar-refractivity contribution in [3.63, 3.8) is 0 Å². The molecule has 3 aromatic rings. The van der Waals surface area contributed by atoms with Crippen molar-refractivity contribution in [2.24, 2.45) is 0 Å². The molecule has 7 heteroatoms. The summed E-state index contributed by atoms with van der Waals surface area (Å²) in [4.78, 5) is 51.0. The number of Topliss-reactive ketones (excluding diaryl/α,β-unsaturated/α-hetero) is 1. The van der Waals surface area contributed by atoms with Crippen molar-refractivity contribution >= 4 is 34.9 Å². The van der Waals surface area contributed by atoms with E-state index in [1.54, 1.807) is 55.6 Å². The summed E-state index contributed by atoms with van der Waals surface area (Å²) in [6.45, 7) is 0.827. The molecule has 32 heavy (non-hydrogen) atoms. The smallest absolute Gasteiger partial charge is 0.339 e. The van der Waals surface area contributed by atoms with Gasteiger partial charge in [-0.1, -0.05) is 42.5 Å². The average Bonchev–Trinajstić information content (AvgIpc) is 2.82. The lowest BCUT2D eigenvalue weighted by atomic mass is 10.1. The molecule has 7 nitrogen and oxygen atoms in total. The first-order chi connectivity index (χ1) is 15.4. The van der Waals surface area contributed by atoms with Crippen molar-refractivity contribution in [2.75, 3.05) is 23.9 Å². The number of carbonyl (C=O) groups excluding carboxylic acids is 4. The number of carbonyl (C=O) groups is 4. The summed E-state index contributed by atoms with van der Waals surface area (Å²) < 4.78 is 5.13. The second kappa shape index (κ2) is 10.2. The number of amides is 2. The molecule has 0 spiro atoms. The van der Waals surface area contributed by atoms with E-state index >= 15 is 0 Å². The van der Waals surface area contributed by atoms with E-state index in [-0.39, 0.29) is 22.8 Å². The Morgan fingerprint density at radius 1 is 0.781 bits per heavy atom. The second-order valence-corrected chi connectivity index (χ2v) is 6.97. The maximum atomic E-state index is 13.0. The van der Waals surface area contributed by atoms with E-state index in [9.17, 15) is 19.2 Å². The fraction of sp³-hybridized carbons (Fsp3) is 0.120. The molecule has 3 rings (SSSR count). The summed E-state index contributed by atoms with van der Waals surface area (Å²) in [6.07, 6.45) is 0. The van der Waals surface area contributed by atoms with Gasteiger partial charge in [0.25, 0.3) is 11.8 Å². The van der Waals surface area contributed by atoms with Crippen molar-refractivity contribution in [1.29, 1.82) is 0 Å². The predicted octanol–water partition coefficient (Wildman–Crippen LogP) is 3.96. The van der Waals surface area contributed by atoms with Gasteiger partial charge in [0.05, 0.1) is 16.8 Å². The first-order valence-corrected chi connectivity index (χ1v) is 9.87. The third-order valence-corrected chi connectivity index (χ3v) is 4.74. The molecular weight excluding hydrogens is 408 g/mol. The van der Waals surface area contributed by atoms with Crippen LogP contribution < -0.4 is 10.2 Å². The zero-order chi connectivity index (χ0) is 23.1. The molecule has 3 aromatic carbocycles. The topological polar surface area (TPSA) is 92.8 Å². The number of ketones is 1. The van der Waals surface area contributed by atoms with E-state index in [1.165, 1.54) is 24.0 Å². The largest absolute Gasteiger partial charge is 0.452 e. The van der Waals surface area contributed by atoms with Crippen LogP contribution in [0.25, 0.3) is 0 Å². The third-order valence-electron chi connectivity index (χ3n) is 4.74. The number of hydrogen-bond donors (Lipinski definition) is 1. The molecule has 0 radical (unpaired) electrons. The van der Waals surface area contributed by atoms with Crippen molar-refractivity contribution in [3.8, 4) is 0 Å². The van der Waals surface area contributed by atoms with Crippen LogP contribution in [0.15, 0.2) is 78.9 Å². The lowest BCUT2D eigenvalue weighted by Crippen LogP contribution is -2.28. The maximum absolute atomic E-state index is 13.0. The quantitative estimate of drug-likeness (QED) is 0.452. The molecule has 0 aliphatic heterocycles. The van der Waals surface area contributed by atoms with Gasteiger partial charge in [0, 0.05) is 18.3 Å². The lowest BCUT2D eigenvalue weighted by molar-refractivity contribution is -0.119. The van der Waals surface area contributed by atoms with Crippen molar-refractivity contribution in [2.45, 2.75) is 6.92 Å². The molecule has 0 unspecified atom stereocenters. The summed E-state index contributed by atoms with van der Waals surface area (Å²) in [5.74, 6) is -1.99. The molecule has 0 atom stereocenters. The van der Waals surface area contributed by atoms with Crippen LogP contribution >= 0.6 is 0 Å². The molecule has 0 aromatic heterocycles. The molecule has 0 fully saturated rings. The van der Waals surface area contributed by atoms with Gasteiger partial charge in [0.15, 0.2) is 12.4 Å². The van der Waals surface area contributed by atoms with Gasteiger partial charge < -0.3 is 15.0 Å². The lowest BCUT2D eigenvalue weighted by Gasteiger charge is -2.18. The van der Waals surface area contributed by atoms with Gasteiger partial charge in [-0.15, -0.1) is 0 Å². The fourth-order valence-corrected chi connectivity index (χ4v) is 3.09. The Bertz CT molecular complexity index is 1160. The van der Waals surface area contributed by atoms with Crippen LogP contribution in [-0.2, 0) is 9.53 Å². The minimum atomic E-state index is -0.801. The van der Waals surface area contributed by atoms with Crippen LogP contribution in [0.3, 0.4) is 0 Å². The van der Waals surface area contributed by atoms with Crippen LogP contribution in [0.1, 0.15) is 38.0 Å². The molecule has 162 valence electrons. The number of para-hydroxylation sites is 2. The summed E-state index contributed by atoms with van der Waals surface area (Å²) in [6, 6.07) is 21.8. The number of nitrogens with zero attached hydrogens (tertiary/aromatic N) is 1. The van der Waals surface area contributed by atoms with Gasteiger partial charge in [-0.2, -0.15) is 0 Å². The van der Waals surface area contributed by atoms with Crippen molar-refractivity contribution < 1.29 is 23.9 Å². The molecule has 2 amide bonds. The summed E-state index contributed by atoms with van der Waals surface area (Å²) in [5, 5.41) is 2.56. The Morgan fingerprint density at radius 2 is 1.34 bits per heavy atom. The molecular formula is C25H22N2O5. The highest BCUT2D eigenvalue weighted by Crippen LogP contribution is 2.19. The van der Waals surface area contributed by atoms with E-state index in [1.807, 2.05) is 18.2 Å². The number of nitrogens with one attached hydrogen (secondary N) is 1. The maximum Gasteiger partial charge on any atom is 0.339 e. The molecule has 0 saturated carbocycles. The number of rotatable bonds is 7. The zero-order valence-electron chi connectivity index (χ0n) is 17.7. The van der Waals surface area contributed by atoms with Crippen LogP contribution in [0, 0.1) is 0 Å². The Balaban J connectivity index is 1.69. The minimum absolute atomic E-state index is 0.0530. The van der Waals surface area contributed by atoms with E-state index in [0.717, 1.165) is 0 Å². The van der Waals surface area contributed by atoms with Gasteiger partial charge in [-0.3, -0.25) is 14.4 Å². The van der Waals surface area contributed by atoms with Gasteiger partial charge in [0.1, 0.15) is 0 Å². The molecule has 0 aliphatic carbocycles. The molecule has 0 heterocycles. The van der Waals surface area contributed by atoms with Crippen LogP contribution in [-0.4, -0.2) is 37.2 Å². The number of benzene rings is 3. The van der Waals surface area contributed by atoms with E-state index in [2.05, 4.69) is 5.32 Å². The minimum Gasteiger partial charge on any atom is -0.452 e. The average molecular weight is 430 g/mol. The number of ether oxygens (including phenoxy) is 1. The van der Waals surface area contributed by atoms with Gasteiger partial charge in [-0.25, -0.2) is 4.79 Å². The summed E-state index contributed by atoms with van der Waals surface area (Å²) in [5.41, 5.74) is 1.57. The number of esters is 1. The van der Waals surface area contributed by atoms with Crippen molar-refractivity contribution in [1.82, 2.24) is 0 Å². The SMILES string of the molecule is CC(=O)c1ccccc1NC(=O)COC(=O)c1ccccc1C(=O)N(C)c1ccccc1. The predicted molar refractivity (Wildman–Crippen MR) is 121 cm³/mol. The van der Waals surface area contributed by atoms with E-state index < -0.39 is 18.5 Å². The number of hydrogen-bond acceptors (Lipinski definition) is 5. The molecule has 0 saturated heterocycles. The third kappa shape index (κ3) is 5.26. The van der Waals surface area contributed by atoms with E-state index in [4.69, 9.17) is 4.74 Å². The zero-order valence-corrected chi connectivity index (χ0v) is 17.7. The first-order valence-electron chi connectivity index (χ1n) is 9.87. The first kappa shape index (κ1) is 22.4. The molecule has 0 aliphatic rings. The van der Waals surface area contributed by atoms with E-state index in [0.29, 0.717) is 16.9 Å². The standard InChI is InChI=1S/C25H22N2O5/c1-17(28)19-12-8-9-15-22(19)26-23(29)16-32-25(31)21-14-7-6-13-20(21)24(30)27(2)18-10-4-3-5-11-18/h3-15H,16H2,1-2H3,(H,26,29). The van der Waals surface area contributed by atoms with Crippen molar-refractivity contribution in [3.05, 3.63) is 95.6 Å². The Hall–Kier alpha value is -4.26. The Morgan fingerprint density at radius 3 is 2.00 bits per heavy atom. The monoisotopic (exact) mass is 430 g/mol. The van der Waals surface area contributed by atoms with Crippen LogP contribution in [0.4, 0.5) is 11.4 Å². The van der Waals surface area contributed by atoms with Crippen LogP contribution in [0.5, 0.6) is 0 Å². The van der Waals surface area contributed by atoms with Gasteiger partial charge in [-0.05, 0) is 43.3 Å². The summed E-state index contributed by atoms with van der Waals surface area (Å²) in [7, 11) is 1.61. The van der Waals surface area contributed by atoms with Gasteiger partial charge >= 0.3 is 5.97 Å². The highest BCUT2D eigenvalue weighted by Gasteiger charge is 2.22. The van der Waals surface area contributed by atoms with Crippen LogP contribution in [0.2, 0.25) is 0 Å². The number of anilines is 2. The summed E-state index contributed by atoms with van der Waals surface area (Å²) >= 11 is 0. The highest BCUT2D eigenvalue weighted by atomic mass is 16.5. The molecule has 0 bridgehead atoms. The molecule has 1 N–H and O–H groups in total.